The van der Waals surface area contributed by atoms with Crippen molar-refractivity contribution in [2.24, 2.45) is 0 Å². The quantitative estimate of drug-likeness (QED) is 0.638. The van der Waals surface area contributed by atoms with Crippen molar-refractivity contribution in [3.63, 3.8) is 0 Å². The molecule has 1 aromatic rings. The Morgan fingerprint density at radius 3 is 2.83 bits per heavy atom. The van der Waals surface area contributed by atoms with Crippen molar-refractivity contribution in [1.82, 2.24) is 4.98 Å². The van der Waals surface area contributed by atoms with E-state index in [1.54, 1.807) is 0 Å². The highest BCUT2D eigenvalue weighted by Gasteiger charge is 2.39. The number of carbonyl (C=O) groups is 1. The van der Waals surface area contributed by atoms with Crippen LogP contribution in [0.3, 0.4) is 0 Å². The summed E-state index contributed by atoms with van der Waals surface area (Å²) >= 11 is 0. The standard InChI is InChI=1S/C6H5F2NO3/c1-4(10)12-6(7,8)5-2-9-3-11-5/h2-3H,1H3. The summed E-state index contributed by atoms with van der Waals surface area (Å²) in [5, 5.41) is 0. The number of alkyl halides is 2. The Labute approximate surface area is 66.1 Å². The summed E-state index contributed by atoms with van der Waals surface area (Å²) in [5.41, 5.74) is 0. The first kappa shape index (κ1) is 8.63. The SMILES string of the molecule is CC(=O)OC(F)(F)c1cnco1. The van der Waals surface area contributed by atoms with Gasteiger partial charge in [-0.1, -0.05) is 0 Å². The molecule has 0 N–H and O–H groups in total. The van der Waals surface area contributed by atoms with Crippen molar-refractivity contribution in [2.45, 2.75) is 13.0 Å². The molecule has 0 radical (unpaired) electrons. The Balaban J connectivity index is 2.79. The third-order valence-corrected chi connectivity index (χ3v) is 0.991. The maximum atomic E-state index is 12.7. The average Bonchev–Trinajstić information content (AvgIpc) is 2.32. The Bertz CT molecular complexity index is 270. The smallest absolute Gasteiger partial charge is 0.438 e. The number of hydrogen-bond donors (Lipinski definition) is 0. The maximum Gasteiger partial charge on any atom is 0.464 e. The summed E-state index contributed by atoms with van der Waals surface area (Å²) in [6, 6.07) is 0. The van der Waals surface area contributed by atoms with Crippen LogP contribution in [0.4, 0.5) is 8.78 Å². The minimum Gasteiger partial charge on any atom is -0.438 e. The molecule has 0 atom stereocenters. The van der Waals surface area contributed by atoms with Gasteiger partial charge in [0.05, 0.1) is 6.20 Å². The van der Waals surface area contributed by atoms with Crippen molar-refractivity contribution in [2.75, 3.05) is 0 Å². The molecule has 0 spiro atoms. The molecule has 0 unspecified atom stereocenters. The van der Waals surface area contributed by atoms with Gasteiger partial charge >= 0.3 is 12.1 Å². The molecule has 0 fully saturated rings. The predicted octanol–water partition coefficient (Wildman–Crippen LogP) is 1.29. The number of nitrogens with zero attached hydrogens (tertiary/aromatic N) is 1. The zero-order chi connectivity index (χ0) is 9.19. The van der Waals surface area contributed by atoms with E-state index in [0.717, 1.165) is 19.5 Å². The summed E-state index contributed by atoms with van der Waals surface area (Å²) in [4.78, 5) is 13.4. The summed E-state index contributed by atoms with van der Waals surface area (Å²) < 4.78 is 33.3. The van der Waals surface area contributed by atoms with E-state index >= 15 is 0 Å². The molecule has 0 amide bonds. The Morgan fingerprint density at radius 1 is 1.75 bits per heavy atom. The molecule has 0 aliphatic carbocycles. The fourth-order valence-electron chi connectivity index (χ4n) is 0.590. The van der Waals surface area contributed by atoms with E-state index in [-0.39, 0.29) is 0 Å². The normalized spacial score (nSPS) is 11.2. The molecular formula is C6H5F2NO3. The van der Waals surface area contributed by atoms with Crippen LogP contribution in [0.1, 0.15) is 12.7 Å². The van der Waals surface area contributed by atoms with Crippen LogP contribution < -0.4 is 0 Å². The number of aromatic nitrogens is 1. The molecule has 1 heterocycles. The number of esters is 1. The van der Waals surface area contributed by atoms with Crippen molar-refractivity contribution in [1.29, 1.82) is 0 Å². The van der Waals surface area contributed by atoms with Crippen LogP contribution in [-0.4, -0.2) is 11.0 Å². The largest absolute Gasteiger partial charge is 0.464 e. The summed E-state index contributed by atoms with van der Waals surface area (Å²) in [5.74, 6) is -1.88. The topological polar surface area (TPSA) is 52.3 Å². The molecular weight excluding hydrogens is 172 g/mol. The number of hydrogen-bond acceptors (Lipinski definition) is 4. The molecule has 1 aromatic heterocycles. The van der Waals surface area contributed by atoms with Crippen LogP contribution in [0, 0.1) is 0 Å². The van der Waals surface area contributed by atoms with E-state index in [9.17, 15) is 13.6 Å². The fraction of sp³-hybridized carbons (Fsp3) is 0.333. The van der Waals surface area contributed by atoms with Crippen LogP contribution in [-0.2, 0) is 15.6 Å². The molecule has 0 saturated heterocycles. The predicted molar refractivity (Wildman–Crippen MR) is 32.2 cm³/mol. The van der Waals surface area contributed by atoms with Gasteiger partial charge in [-0.3, -0.25) is 4.79 Å². The maximum absolute atomic E-state index is 12.7. The Kier molecular flexibility index (Phi) is 2.07. The molecule has 4 nitrogen and oxygen atoms in total. The minimum absolute atomic E-state index is 0.781. The fourth-order valence-corrected chi connectivity index (χ4v) is 0.590. The van der Waals surface area contributed by atoms with Gasteiger partial charge in [0.25, 0.3) is 0 Å². The van der Waals surface area contributed by atoms with E-state index in [4.69, 9.17) is 0 Å². The molecule has 6 heteroatoms. The highest BCUT2D eigenvalue weighted by atomic mass is 19.3. The third-order valence-electron chi connectivity index (χ3n) is 0.991. The van der Waals surface area contributed by atoms with Gasteiger partial charge in [-0.25, -0.2) is 4.98 Å². The highest BCUT2D eigenvalue weighted by molar-refractivity contribution is 5.66. The molecule has 0 saturated carbocycles. The lowest BCUT2D eigenvalue weighted by atomic mass is 10.5. The highest BCUT2D eigenvalue weighted by Crippen LogP contribution is 2.28. The molecule has 1 rings (SSSR count). The lowest BCUT2D eigenvalue weighted by Crippen LogP contribution is -2.20. The van der Waals surface area contributed by atoms with Gasteiger partial charge in [0.1, 0.15) is 0 Å². The summed E-state index contributed by atoms with van der Waals surface area (Å²) in [6.07, 6.45) is -2.13. The van der Waals surface area contributed by atoms with Crippen LogP contribution in [0.15, 0.2) is 17.0 Å². The van der Waals surface area contributed by atoms with Crippen molar-refractivity contribution in [3.05, 3.63) is 18.4 Å². The van der Waals surface area contributed by atoms with Gasteiger partial charge in [-0.05, 0) is 0 Å². The average molecular weight is 177 g/mol. The van der Waals surface area contributed by atoms with Crippen LogP contribution in [0.5, 0.6) is 0 Å². The van der Waals surface area contributed by atoms with Crippen LogP contribution in [0.2, 0.25) is 0 Å². The van der Waals surface area contributed by atoms with Gasteiger partial charge in [0, 0.05) is 6.92 Å². The van der Waals surface area contributed by atoms with Gasteiger partial charge in [0.15, 0.2) is 6.39 Å². The first-order valence-corrected chi connectivity index (χ1v) is 2.99. The zero-order valence-electron chi connectivity index (χ0n) is 6.08. The van der Waals surface area contributed by atoms with Crippen LogP contribution >= 0.6 is 0 Å². The van der Waals surface area contributed by atoms with Crippen molar-refractivity contribution in [3.8, 4) is 0 Å². The zero-order valence-corrected chi connectivity index (χ0v) is 6.08. The minimum atomic E-state index is -3.73. The number of carbonyl (C=O) groups excluding carboxylic acids is 1. The van der Waals surface area contributed by atoms with Crippen LogP contribution in [0.25, 0.3) is 0 Å². The van der Waals surface area contributed by atoms with Gasteiger partial charge < -0.3 is 9.15 Å². The van der Waals surface area contributed by atoms with Gasteiger partial charge in [0.2, 0.25) is 5.76 Å². The molecule has 0 bridgehead atoms. The molecule has 0 aliphatic rings. The molecule has 66 valence electrons. The second kappa shape index (κ2) is 2.88. The Morgan fingerprint density at radius 2 is 2.42 bits per heavy atom. The van der Waals surface area contributed by atoms with E-state index in [1.165, 1.54) is 0 Å². The summed E-state index contributed by atoms with van der Waals surface area (Å²) in [6.45, 7) is 0.879. The van der Waals surface area contributed by atoms with E-state index in [0.29, 0.717) is 0 Å². The Hall–Kier alpha value is -1.46. The second-order valence-electron chi connectivity index (χ2n) is 1.98. The molecule has 0 aromatic carbocycles. The lowest BCUT2D eigenvalue weighted by Gasteiger charge is -2.11. The van der Waals surface area contributed by atoms with Gasteiger partial charge in [-0.15, -0.1) is 0 Å². The first-order valence-electron chi connectivity index (χ1n) is 2.99. The molecule has 12 heavy (non-hydrogen) atoms. The number of halogens is 2. The van der Waals surface area contributed by atoms with Crippen molar-refractivity contribution >= 4 is 5.97 Å². The molecule has 0 aliphatic heterocycles. The van der Waals surface area contributed by atoms with E-state index in [2.05, 4.69) is 14.1 Å². The van der Waals surface area contributed by atoms with Crippen molar-refractivity contribution < 1.29 is 22.7 Å². The van der Waals surface area contributed by atoms with Gasteiger partial charge in [-0.2, -0.15) is 8.78 Å². The number of oxazole rings is 1. The number of rotatable bonds is 2. The van der Waals surface area contributed by atoms with E-state index in [1.807, 2.05) is 0 Å². The second-order valence-corrected chi connectivity index (χ2v) is 1.98. The summed E-state index contributed by atoms with van der Waals surface area (Å²) in [7, 11) is 0. The third kappa shape index (κ3) is 1.77. The first-order chi connectivity index (χ1) is 5.52. The van der Waals surface area contributed by atoms with E-state index < -0.39 is 17.8 Å². The lowest BCUT2D eigenvalue weighted by molar-refractivity contribution is -0.246. The monoisotopic (exact) mass is 177 g/mol. The number of ether oxygens (including phenoxy) is 1.